The van der Waals surface area contributed by atoms with Crippen LogP contribution in [0.4, 0.5) is 0 Å². The van der Waals surface area contributed by atoms with Crippen LogP contribution >= 0.6 is 0 Å². The average Bonchev–Trinajstić information content (AvgIpc) is 2.27. The van der Waals surface area contributed by atoms with Gasteiger partial charge in [0.2, 0.25) is 0 Å². The van der Waals surface area contributed by atoms with Gasteiger partial charge in [-0.1, -0.05) is 19.3 Å². The van der Waals surface area contributed by atoms with Gasteiger partial charge in [0.15, 0.2) is 0 Å². The summed E-state index contributed by atoms with van der Waals surface area (Å²) in [5, 5.41) is 0. The molecule has 0 aromatic carbocycles. The van der Waals surface area contributed by atoms with Crippen molar-refractivity contribution >= 4 is 19.1 Å². The lowest BCUT2D eigenvalue weighted by Crippen LogP contribution is -2.44. The van der Waals surface area contributed by atoms with Crippen molar-refractivity contribution in [2.45, 2.75) is 37.9 Å². The van der Waals surface area contributed by atoms with Gasteiger partial charge in [0.25, 0.3) is 0 Å². The Balaban J connectivity index is 1.99. The molecule has 0 bridgehead atoms. The molecule has 1 saturated carbocycles. The number of hydrogen-bond acceptors (Lipinski definition) is 5. The van der Waals surface area contributed by atoms with Gasteiger partial charge in [0.1, 0.15) is 0 Å². The molecule has 0 radical (unpaired) electrons. The Bertz CT molecular complexity index is 284. The lowest BCUT2D eigenvalue weighted by atomic mass is 9.64. The van der Waals surface area contributed by atoms with Crippen molar-refractivity contribution in [3.05, 3.63) is 0 Å². The molecule has 1 saturated heterocycles. The van der Waals surface area contributed by atoms with Crippen LogP contribution in [0.1, 0.15) is 32.1 Å². The second kappa shape index (κ2) is 5.53. The maximum Gasteiger partial charge on any atom is 0.601 e. The van der Waals surface area contributed by atoms with Crippen LogP contribution in [0.15, 0.2) is 0 Å². The highest BCUT2D eigenvalue weighted by Crippen LogP contribution is 2.32. The fourth-order valence-corrected chi connectivity index (χ4v) is 2.45. The van der Waals surface area contributed by atoms with Crippen molar-refractivity contribution < 1.29 is 18.9 Å². The van der Waals surface area contributed by atoms with Crippen LogP contribution < -0.4 is 0 Å². The minimum Gasteiger partial charge on any atom is -0.498 e. The molecule has 1 aliphatic carbocycles. The maximum atomic E-state index is 11.6. The van der Waals surface area contributed by atoms with Crippen LogP contribution in [0, 0.1) is 0 Å². The van der Waals surface area contributed by atoms with Crippen LogP contribution in [-0.4, -0.2) is 44.1 Å². The number of hydrogen-bond donors (Lipinski definition) is 0. The first-order valence-electron chi connectivity index (χ1n) is 6.22. The molecule has 1 heterocycles. The summed E-state index contributed by atoms with van der Waals surface area (Å²) in [6.07, 6.45) is 5.41. The van der Waals surface area contributed by atoms with Gasteiger partial charge in [-0.25, -0.2) is 0 Å². The van der Waals surface area contributed by atoms with Gasteiger partial charge in [-0.3, -0.25) is 14.5 Å². The number of carbonyl (C=O) groups excluding carboxylic acids is 2. The highest BCUT2D eigenvalue weighted by Gasteiger charge is 2.39. The van der Waals surface area contributed by atoms with E-state index in [1.54, 1.807) is 11.9 Å². The molecule has 5 nitrogen and oxygen atoms in total. The van der Waals surface area contributed by atoms with Gasteiger partial charge < -0.3 is 9.31 Å². The lowest BCUT2D eigenvalue weighted by Gasteiger charge is -2.28. The largest absolute Gasteiger partial charge is 0.601 e. The summed E-state index contributed by atoms with van der Waals surface area (Å²) in [6, 6.07) is 0. The summed E-state index contributed by atoms with van der Waals surface area (Å²) in [7, 11) is 1.03. The first-order chi connectivity index (χ1) is 8.15. The Morgan fingerprint density at radius 2 is 1.59 bits per heavy atom. The summed E-state index contributed by atoms with van der Waals surface area (Å²) < 4.78 is 10.5. The highest BCUT2D eigenvalue weighted by molar-refractivity contribution is 6.50. The molecule has 0 unspecified atom stereocenters. The zero-order chi connectivity index (χ0) is 12.3. The molecule has 94 valence electrons. The van der Waals surface area contributed by atoms with E-state index in [1.807, 2.05) is 0 Å². The molecular formula is C11H18BNO4. The van der Waals surface area contributed by atoms with Crippen molar-refractivity contribution in [1.29, 1.82) is 0 Å². The number of carbonyl (C=O) groups is 2. The standard InChI is InChI=1S/C11H18BNO4/c1-13-7-10(14)16-12(17-11(15)8-13)9-5-3-2-4-6-9/h9H,2-8H2,1H3. The monoisotopic (exact) mass is 239 g/mol. The molecule has 0 atom stereocenters. The molecule has 2 fully saturated rings. The molecule has 0 aromatic rings. The fourth-order valence-electron chi connectivity index (χ4n) is 2.45. The molecule has 2 rings (SSSR count). The molecule has 0 N–H and O–H groups in total. The van der Waals surface area contributed by atoms with Gasteiger partial charge in [-0.15, -0.1) is 0 Å². The molecule has 6 heteroatoms. The topological polar surface area (TPSA) is 55.8 Å². The van der Waals surface area contributed by atoms with Gasteiger partial charge >= 0.3 is 19.1 Å². The minimum atomic E-state index is -0.663. The third-order valence-corrected chi connectivity index (χ3v) is 3.33. The molecule has 0 aromatic heterocycles. The van der Waals surface area contributed by atoms with Gasteiger partial charge in [-0.05, 0) is 19.9 Å². The van der Waals surface area contributed by atoms with Crippen LogP contribution in [0.5, 0.6) is 0 Å². The molecule has 1 aliphatic heterocycles. The zero-order valence-electron chi connectivity index (χ0n) is 10.2. The molecule has 17 heavy (non-hydrogen) atoms. The first kappa shape index (κ1) is 12.4. The van der Waals surface area contributed by atoms with Gasteiger partial charge in [0, 0.05) is 5.82 Å². The first-order valence-corrected chi connectivity index (χ1v) is 6.22. The lowest BCUT2D eigenvalue weighted by molar-refractivity contribution is -0.146. The van der Waals surface area contributed by atoms with Crippen molar-refractivity contribution in [2.24, 2.45) is 0 Å². The van der Waals surface area contributed by atoms with Gasteiger partial charge in [-0.2, -0.15) is 0 Å². The third kappa shape index (κ3) is 3.46. The Hall–Kier alpha value is -1.04. The second-order valence-electron chi connectivity index (χ2n) is 4.92. The Kier molecular flexibility index (Phi) is 4.04. The van der Waals surface area contributed by atoms with Crippen LogP contribution in [0.25, 0.3) is 0 Å². The quantitative estimate of drug-likeness (QED) is 0.634. The number of nitrogens with zero attached hydrogens (tertiary/aromatic N) is 1. The van der Waals surface area contributed by atoms with E-state index in [2.05, 4.69) is 0 Å². The Morgan fingerprint density at radius 3 is 2.12 bits per heavy atom. The Labute approximate surface area is 102 Å². The summed E-state index contributed by atoms with van der Waals surface area (Å²) in [5.74, 6) is -0.439. The molecule has 0 spiro atoms. The van der Waals surface area contributed by atoms with E-state index in [0.717, 1.165) is 25.7 Å². The Morgan fingerprint density at radius 1 is 1.06 bits per heavy atom. The average molecular weight is 239 g/mol. The van der Waals surface area contributed by atoms with Crippen molar-refractivity contribution in [3.63, 3.8) is 0 Å². The molecular weight excluding hydrogens is 221 g/mol. The normalized spacial score (nSPS) is 24.9. The summed E-state index contributed by atoms with van der Waals surface area (Å²) in [4.78, 5) is 24.7. The highest BCUT2D eigenvalue weighted by atomic mass is 16.6. The van der Waals surface area contributed by atoms with Crippen molar-refractivity contribution in [2.75, 3.05) is 20.1 Å². The predicted molar refractivity (Wildman–Crippen MR) is 62.3 cm³/mol. The number of likely N-dealkylation sites (N-methyl/N-ethyl adjacent to an activating group) is 1. The fraction of sp³-hybridized carbons (Fsp3) is 0.818. The van der Waals surface area contributed by atoms with Crippen LogP contribution in [0.2, 0.25) is 5.82 Å². The van der Waals surface area contributed by atoms with E-state index in [9.17, 15) is 9.59 Å². The van der Waals surface area contributed by atoms with E-state index in [1.165, 1.54) is 6.42 Å². The summed E-state index contributed by atoms with van der Waals surface area (Å²) >= 11 is 0. The molecule has 0 amide bonds. The van der Waals surface area contributed by atoms with Crippen molar-refractivity contribution in [3.8, 4) is 0 Å². The van der Waals surface area contributed by atoms with E-state index in [4.69, 9.17) is 9.31 Å². The van der Waals surface area contributed by atoms with Crippen LogP contribution in [-0.2, 0) is 18.9 Å². The smallest absolute Gasteiger partial charge is 0.498 e. The van der Waals surface area contributed by atoms with E-state index in [0.29, 0.717) is 0 Å². The number of rotatable bonds is 1. The van der Waals surface area contributed by atoms with Crippen molar-refractivity contribution in [1.82, 2.24) is 4.90 Å². The maximum absolute atomic E-state index is 11.6. The summed E-state index contributed by atoms with van der Waals surface area (Å²) in [6.45, 7) is 0.302. The SMILES string of the molecule is CN1CC(=O)OB(C2CCCCC2)OC(=O)C1. The van der Waals surface area contributed by atoms with Gasteiger partial charge in [0.05, 0.1) is 13.1 Å². The van der Waals surface area contributed by atoms with E-state index >= 15 is 0 Å². The minimum absolute atomic E-state index is 0.151. The van der Waals surface area contributed by atoms with E-state index in [-0.39, 0.29) is 30.8 Å². The van der Waals surface area contributed by atoms with E-state index < -0.39 is 7.12 Å². The summed E-state index contributed by atoms with van der Waals surface area (Å²) in [5.41, 5.74) is 0. The van der Waals surface area contributed by atoms with Crippen LogP contribution in [0.3, 0.4) is 0 Å². The molecule has 2 aliphatic rings. The predicted octanol–water partition coefficient (Wildman–Crippen LogP) is 0.841. The second-order valence-corrected chi connectivity index (χ2v) is 4.92. The zero-order valence-corrected chi connectivity index (χ0v) is 10.2. The third-order valence-electron chi connectivity index (χ3n) is 3.33.